The minimum atomic E-state index is 0.312. The predicted molar refractivity (Wildman–Crippen MR) is 109 cm³/mol. The second-order valence-corrected chi connectivity index (χ2v) is 8.84. The summed E-state index contributed by atoms with van der Waals surface area (Å²) >= 11 is 0. The van der Waals surface area contributed by atoms with Crippen LogP contribution in [0.1, 0.15) is 42.1 Å². The van der Waals surface area contributed by atoms with Crippen molar-refractivity contribution in [3.63, 3.8) is 0 Å². The molecule has 0 aliphatic carbocycles. The lowest BCUT2D eigenvalue weighted by molar-refractivity contribution is -0.136. The van der Waals surface area contributed by atoms with Gasteiger partial charge in [-0.25, -0.2) is 4.98 Å². The monoisotopic (exact) mass is 378 g/mol. The van der Waals surface area contributed by atoms with E-state index in [1.807, 2.05) is 19.3 Å². The number of likely N-dealkylation sites (tertiary alicyclic amines) is 1. The van der Waals surface area contributed by atoms with Gasteiger partial charge in [0, 0.05) is 43.9 Å². The van der Waals surface area contributed by atoms with Crippen LogP contribution in [0.4, 0.5) is 0 Å². The van der Waals surface area contributed by atoms with Gasteiger partial charge in [0.2, 0.25) is 5.91 Å². The first-order valence-corrected chi connectivity index (χ1v) is 10.7. The summed E-state index contributed by atoms with van der Waals surface area (Å²) in [6, 6.07) is 9.88. The number of aromatic nitrogens is 2. The van der Waals surface area contributed by atoms with Crippen molar-refractivity contribution in [2.45, 2.75) is 57.7 Å². The van der Waals surface area contributed by atoms with E-state index in [1.54, 1.807) is 0 Å². The Morgan fingerprint density at radius 1 is 1.11 bits per heavy atom. The van der Waals surface area contributed by atoms with E-state index in [-0.39, 0.29) is 0 Å². The van der Waals surface area contributed by atoms with Crippen LogP contribution in [0.5, 0.6) is 0 Å². The molecule has 1 aromatic carbocycles. The topological polar surface area (TPSA) is 41.4 Å². The molecule has 0 N–H and O–H groups in total. The smallest absolute Gasteiger partial charge is 0.224 e. The highest BCUT2D eigenvalue weighted by Crippen LogP contribution is 2.46. The van der Waals surface area contributed by atoms with Gasteiger partial charge in [-0.2, -0.15) is 0 Å². The quantitative estimate of drug-likeness (QED) is 0.821. The molecule has 5 heterocycles. The zero-order chi connectivity index (χ0) is 19.3. The number of carbonyl (C=O) groups excluding carboxylic acids is 1. The van der Waals surface area contributed by atoms with E-state index in [0.717, 1.165) is 18.9 Å². The Morgan fingerprint density at radius 3 is 2.54 bits per heavy atom. The van der Waals surface area contributed by atoms with E-state index in [0.29, 0.717) is 36.2 Å². The molecule has 5 nitrogen and oxygen atoms in total. The van der Waals surface area contributed by atoms with Gasteiger partial charge in [-0.3, -0.25) is 9.69 Å². The summed E-state index contributed by atoms with van der Waals surface area (Å²) in [6.07, 6.45) is 6.83. The number of amides is 1. The van der Waals surface area contributed by atoms with E-state index in [9.17, 15) is 4.79 Å². The lowest BCUT2D eigenvalue weighted by atomic mass is 9.75. The largest absolute Gasteiger partial charge is 0.337 e. The predicted octanol–water partition coefficient (Wildman–Crippen LogP) is 2.98. The van der Waals surface area contributed by atoms with Crippen molar-refractivity contribution in [3.8, 4) is 0 Å². The molecule has 0 saturated carbocycles. The third-order valence-electron chi connectivity index (χ3n) is 7.31. The summed E-state index contributed by atoms with van der Waals surface area (Å²) in [7, 11) is 0. The lowest BCUT2D eigenvalue weighted by Crippen LogP contribution is -2.60. The Kier molecular flexibility index (Phi) is 4.50. The average molecular weight is 379 g/mol. The lowest BCUT2D eigenvalue weighted by Gasteiger charge is -2.51. The van der Waals surface area contributed by atoms with Crippen LogP contribution in [-0.4, -0.2) is 57.0 Å². The van der Waals surface area contributed by atoms with E-state index in [4.69, 9.17) is 0 Å². The molecular weight excluding hydrogens is 348 g/mol. The number of fused-ring (bicyclic) bond motifs is 2. The molecule has 5 heteroatoms. The molecule has 28 heavy (non-hydrogen) atoms. The van der Waals surface area contributed by atoms with E-state index >= 15 is 0 Å². The molecule has 3 atom stereocenters. The summed E-state index contributed by atoms with van der Waals surface area (Å²) in [5.74, 6) is 2.40. The second-order valence-electron chi connectivity index (χ2n) is 8.84. The maximum absolute atomic E-state index is 13.3. The number of benzene rings is 1. The number of hydrogen-bond donors (Lipinski definition) is 0. The molecule has 0 spiro atoms. The third-order valence-corrected chi connectivity index (χ3v) is 7.31. The molecule has 6 rings (SSSR count). The van der Waals surface area contributed by atoms with Gasteiger partial charge in [0.15, 0.2) is 0 Å². The van der Waals surface area contributed by atoms with E-state index < -0.39 is 0 Å². The highest BCUT2D eigenvalue weighted by molar-refractivity contribution is 5.77. The van der Waals surface area contributed by atoms with Gasteiger partial charge in [0.1, 0.15) is 5.82 Å². The van der Waals surface area contributed by atoms with Gasteiger partial charge < -0.3 is 9.47 Å². The second kappa shape index (κ2) is 7.03. The average Bonchev–Trinajstić information content (AvgIpc) is 3.33. The molecule has 2 aromatic rings. The molecular formula is C23H30N4O. The first-order chi connectivity index (χ1) is 13.6. The number of piperidine rings is 3. The Hall–Kier alpha value is -2.14. The normalized spacial score (nSPS) is 31.2. The van der Waals surface area contributed by atoms with Crippen LogP contribution in [0.25, 0.3) is 0 Å². The Bertz CT molecular complexity index is 850. The summed E-state index contributed by atoms with van der Waals surface area (Å²) in [4.78, 5) is 22.5. The number of aryl methyl sites for hydroxylation is 3. The van der Waals surface area contributed by atoms with Gasteiger partial charge in [0.05, 0.1) is 6.04 Å². The minimum Gasteiger partial charge on any atom is -0.337 e. The Balaban J connectivity index is 1.39. The van der Waals surface area contributed by atoms with Gasteiger partial charge in [0.25, 0.3) is 0 Å². The van der Waals surface area contributed by atoms with E-state index in [1.165, 1.54) is 37.1 Å². The van der Waals surface area contributed by atoms with Gasteiger partial charge >= 0.3 is 0 Å². The van der Waals surface area contributed by atoms with Crippen LogP contribution >= 0.6 is 0 Å². The fourth-order valence-corrected chi connectivity index (χ4v) is 5.81. The first-order valence-electron chi connectivity index (χ1n) is 10.7. The molecule has 4 fully saturated rings. The Morgan fingerprint density at radius 2 is 1.86 bits per heavy atom. The highest BCUT2D eigenvalue weighted by Gasteiger charge is 2.54. The molecule has 1 aromatic heterocycles. The maximum atomic E-state index is 13.3. The third kappa shape index (κ3) is 2.96. The molecule has 4 aliphatic rings. The van der Waals surface area contributed by atoms with Crippen molar-refractivity contribution in [1.29, 1.82) is 0 Å². The van der Waals surface area contributed by atoms with Crippen LogP contribution in [0, 0.1) is 19.8 Å². The van der Waals surface area contributed by atoms with Gasteiger partial charge in [-0.05, 0) is 51.3 Å². The number of imidazole rings is 1. The fourth-order valence-electron chi connectivity index (χ4n) is 5.81. The highest BCUT2D eigenvalue weighted by atomic mass is 16.2. The van der Waals surface area contributed by atoms with Gasteiger partial charge in [-0.1, -0.05) is 29.8 Å². The van der Waals surface area contributed by atoms with Gasteiger partial charge in [-0.15, -0.1) is 0 Å². The first kappa shape index (κ1) is 17.9. The molecule has 1 amide bonds. The van der Waals surface area contributed by atoms with E-state index in [2.05, 4.69) is 50.5 Å². The van der Waals surface area contributed by atoms with Crippen LogP contribution in [-0.2, 0) is 11.3 Å². The standard InChI is InChI=1S/C23H30N4O/c1-16-3-5-18(6-4-16)20-15-27(21(28)9-13-25-14-10-24-17(25)2)22-19-7-11-26(12-8-19)23(20)22/h3-6,10,14,19-20,22-23H,7-9,11-13,15H2,1-2H3/t20-,22-,23-/m0/s1. The number of rotatable bonds is 4. The molecule has 0 radical (unpaired) electrons. The van der Waals surface area contributed by atoms with Crippen LogP contribution < -0.4 is 0 Å². The summed E-state index contributed by atoms with van der Waals surface area (Å²) in [5.41, 5.74) is 2.70. The van der Waals surface area contributed by atoms with Crippen LogP contribution in [0.3, 0.4) is 0 Å². The van der Waals surface area contributed by atoms with Crippen molar-refractivity contribution >= 4 is 5.91 Å². The summed E-state index contributed by atoms with van der Waals surface area (Å²) in [6.45, 7) is 8.13. The van der Waals surface area contributed by atoms with Crippen molar-refractivity contribution in [3.05, 3.63) is 53.6 Å². The SMILES string of the molecule is Cc1ccc([C@@H]2CN(C(=O)CCn3ccnc3C)[C@H]3C4CCN(CC4)[C@@H]23)cc1. The maximum Gasteiger partial charge on any atom is 0.224 e. The molecule has 4 aliphatic heterocycles. The minimum absolute atomic E-state index is 0.312. The molecule has 2 bridgehead atoms. The zero-order valence-corrected chi connectivity index (χ0v) is 16.9. The number of nitrogens with zero attached hydrogens (tertiary/aromatic N) is 4. The summed E-state index contributed by atoms with van der Waals surface area (Å²) < 4.78 is 2.08. The van der Waals surface area contributed by atoms with Crippen LogP contribution in [0.15, 0.2) is 36.7 Å². The number of carbonyl (C=O) groups is 1. The zero-order valence-electron chi connectivity index (χ0n) is 16.9. The van der Waals surface area contributed by atoms with Crippen molar-refractivity contribution in [2.24, 2.45) is 5.92 Å². The molecule has 4 saturated heterocycles. The fraction of sp³-hybridized carbons (Fsp3) is 0.565. The van der Waals surface area contributed by atoms with Crippen molar-refractivity contribution in [2.75, 3.05) is 19.6 Å². The number of hydrogen-bond acceptors (Lipinski definition) is 3. The summed E-state index contributed by atoms with van der Waals surface area (Å²) in [5, 5.41) is 0. The molecule has 0 unspecified atom stereocenters. The van der Waals surface area contributed by atoms with Crippen molar-refractivity contribution < 1.29 is 4.79 Å². The van der Waals surface area contributed by atoms with Crippen LogP contribution in [0.2, 0.25) is 0 Å². The molecule has 148 valence electrons. The van der Waals surface area contributed by atoms with Crippen molar-refractivity contribution in [1.82, 2.24) is 19.4 Å². The Labute approximate surface area is 167 Å².